The molecule has 3 rings (SSSR count). The van der Waals surface area contributed by atoms with Gasteiger partial charge in [-0.3, -0.25) is 14.9 Å². The van der Waals surface area contributed by atoms with Crippen LogP contribution in [0.25, 0.3) is 5.69 Å². The van der Waals surface area contributed by atoms with Crippen molar-refractivity contribution in [2.75, 3.05) is 5.32 Å². The molecular weight excluding hydrogens is 312 g/mol. The topological polar surface area (TPSA) is 110 Å². The lowest BCUT2D eigenvalue weighted by molar-refractivity contribution is -0.385. The Labute approximate surface area is 136 Å². The number of benzene rings is 1. The molecule has 2 N–H and O–H groups in total. The summed E-state index contributed by atoms with van der Waals surface area (Å²) in [7, 11) is 0. The summed E-state index contributed by atoms with van der Waals surface area (Å²) in [6, 6.07) is 11.5. The number of aromatic hydroxyl groups is 1. The Bertz CT molecular complexity index is 889. The number of anilines is 1. The number of nitro groups is 1. The van der Waals surface area contributed by atoms with Gasteiger partial charge in [0.05, 0.1) is 11.0 Å². The minimum Gasteiger partial charge on any atom is -0.504 e. The maximum absolute atomic E-state index is 12.2. The zero-order chi connectivity index (χ0) is 17.1. The molecule has 0 aliphatic carbocycles. The molecule has 120 valence electrons. The molecule has 2 aromatic heterocycles. The molecule has 0 saturated heterocycles. The van der Waals surface area contributed by atoms with Crippen LogP contribution in [0.4, 0.5) is 11.5 Å². The summed E-state index contributed by atoms with van der Waals surface area (Å²) in [4.78, 5) is 25.8. The van der Waals surface area contributed by atoms with Crippen LogP contribution in [0.15, 0.2) is 61.1 Å². The zero-order valence-corrected chi connectivity index (χ0v) is 12.3. The molecule has 0 bridgehead atoms. The highest BCUT2D eigenvalue weighted by Gasteiger charge is 2.14. The van der Waals surface area contributed by atoms with Gasteiger partial charge in [-0.1, -0.05) is 0 Å². The van der Waals surface area contributed by atoms with Gasteiger partial charge in [0.15, 0.2) is 11.6 Å². The second kappa shape index (κ2) is 6.21. The molecule has 3 aromatic rings. The molecule has 0 atom stereocenters. The van der Waals surface area contributed by atoms with Gasteiger partial charge in [-0.2, -0.15) is 0 Å². The van der Waals surface area contributed by atoms with E-state index in [2.05, 4.69) is 10.3 Å². The first-order chi connectivity index (χ1) is 11.5. The Morgan fingerprint density at radius 3 is 2.46 bits per heavy atom. The van der Waals surface area contributed by atoms with Crippen molar-refractivity contribution in [3.8, 4) is 11.4 Å². The molecule has 2 heterocycles. The minimum atomic E-state index is -0.682. The van der Waals surface area contributed by atoms with Crippen molar-refractivity contribution in [3.63, 3.8) is 0 Å². The van der Waals surface area contributed by atoms with E-state index in [1.54, 1.807) is 24.3 Å². The molecule has 8 heteroatoms. The number of amides is 1. The second-order valence-electron chi connectivity index (χ2n) is 4.91. The predicted molar refractivity (Wildman–Crippen MR) is 86.3 cm³/mol. The SMILES string of the molecule is O=C(Nc1ncc([N+](=O)[O-])cc1O)c1ccc(-n2cccc2)cc1. The Balaban J connectivity index is 1.76. The lowest BCUT2D eigenvalue weighted by atomic mass is 10.2. The molecule has 0 unspecified atom stereocenters. The first-order valence-electron chi connectivity index (χ1n) is 6.93. The van der Waals surface area contributed by atoms with Gasteiger partial charge in [-0.05, 0) is 36.4 Å². The quantitative estimate of drug-likeness (QED) is 0.566. The largest absolute Gasteiger partial charge is 0.504 e. The summed E-state index contributed by atoms with van der Waals surface area (Å²) in [5, 5.41) is 22.7. The second-order valence-corrected chi connectivity index (χ2v) is 4.91. The number of pyridine rings is 1. The minimum absolute atomic E-state index is 0.139. The molecule has 8 nitrogen and oxygen atoms in total. The third-order valence-corrected chi connectivity index (χ3v) is 3.33. The van der Waals surface area contributed by atoms with Crippen molar-refractivity contribution >= 4 is 17.4 Å². The first kappa shape index (κ1) is 15.2. The zero-order valence-electron chi connectivity index (χ0n) is 12.3. The number of hydrogen-bond acceptors (Lipinski definition) is 5. The Hall–Kier alpha value is -3.68. The number of carbonyl (C=O) groups excluding carboxylic acids is 1. The lowest BCUT2D eigenvalue weighted by Crippen LogP contribution is -2.13. The van der Waals surface area contributed by atoms with Gasteiger partial charge in [0, 0.05) is 23.6 Å². The van der Waals surface area contributed by atoms with Gasteiger partial charge in [0.25, 0.3) is 11.6 Å². The molecule has 1 amide bonds. The van der Waals surface area contributed by atoms with Crippen LogP contribution in [0.5, 0.6) is 5.75 Å². The molecule has 1 aromatic carbocycles. The van der Waals surface area contributed by atoms with E-state index >= 15 is 0 Å². The van der Waals surface area contributed by atoms with E-state index in [0.29, 0.717) is 5.56 Å². The average molecular weight is 324 g/mol. The summed E-state index contributed by atoms with van der Waals surface area (Å²) in [6.45, 7) is 0. The van der Waals surface area contributed by atoms with Crippen molar-refractivity contribution in [1.82, 2.24) is 9.55 Å². The van der Waals surface area contributed by atoms with Crippen LogP contribution in [0.3, 0.4) is 0 Å². The van der Waals surface area contributed by atoms with Crippen LogP contribution >= 0.6 is 0 Å². The highest BCUT2D eigenvalue weighted by Crippen LogP contribution is 2.25. The third-order valence-electron chi connectivity index (χ3n) is 3.33. The maximum Gasteiger partial charge on any atom is 0.291 e. The van der Waals surface area contributed by atoms with E-state index < -0.39 is 16.6 Å². The van der Waals surface area contributed by atoms with Crippen molar-refractivity contribution in [2.24, 2.45) is 0 Å². The number of hydrogen-bond donors (Lipinski definition) is 2. The average Bonchev–Trinajstić information content (AvgIpc) is 3.11. The van der Waals surface area contributed by atoms with Gasteiger partial charge < -0.3 is 15.0 Å². The van der Waals surface area contributed by atoms with Gasteiger partial charge in [0.1, 0.15) is 6.20 Å². The van der Waals surface area contributed by atoms with Gasteiger partial charge in [-0.25, -0.2) is 4.98 Å². The normalized spacial score (nSPS) is 10.3. The number of nitrogens with one attached hydrogen (secondary N) is 1. The van der Waals surface area contributed by atoms with Gasteiger partial charge in [0.2, 0.25) is 0 Å². The van der Waals surface area contributed by atoms with E-state index in [9.17, 15) is 20.0 Å². The van der Waals surface area contributed by atoms with Crippen LogP contribution < -0.4 is 5.32 Å². The molecule has 24 heavy (non-hydrogen) atoms. The van der Waals surface area contributed by atoms with E-state index in [1.165, 1.54) is 0 Å². The number of carbonyl (C=O) groups is 1. The summed E-state index contributed by atoms with van der Waals surface area (Å²) in [6.07, 6.45) is 4.73. The molecule has 0 aliphatic rings. The van der Waals surface area contributed by atoms with E-state index in [1.807, 2.05) is 29.1 Å². The van der Waals surface area contributed by atoms with Crippen LogP contribution in [-0.2, 0) is 0 Å². The maximum atomic E-state index is 12.2. The molecule has 0 radical (unpaired) electrons. The van der Waals surface area contributed by atoms with Crippen molar-refractivity contribution < 1.29 is 14.8 Å². The van der Waals surface area contributed by atoms with E-state index in [4.69, 9.17) is 0 Å². The molecule has 0 fully saturated rings. The molecule has 0 spiro atoms. The molecule has 0 aliphatic heterocycles. The fourth-order valence-corrected chi connectivity index (χ4v) is 2.11. The predicted octanol–water partition coefficient (Wildman–Crippen LogP) is 2.74. The van der Waals surface area contributed by atoms with Gasteiger partial charge in [-0.15, -0.1) is 0 Å². The van der Waals surface area contributed by atoms with Crippen LogP contribution in [0, 0.1) is 10.1 Å². The Kier molecular flexibility index (Phi) is 3.94. The fourth-order valence-electron chi connectivity index (χ4n) is 2.11. The highest BCUT2D eigenvalue weighted by atomic mass is 16.6. The standard InChI is InChI=1S/C16H12N4O4/c21-14-9-13(20(23)24)10-17-15(14)18-16(22)11-3-5-12(6-4-11)19-7-1-2-8-19/h1-10,21H,(H,17,18,22). The van der Waals surface area contributed by atoms with E-state index in [-0.39, 0.29) is 11.5 Å². The van der Waals surface area contributed by atoms with Crippen LogP contribution in [-0.4, -0.2) is 25.5 Å². The molecular formula is C16H12N4O4. The Morgan fingerprint density at radius 2 is 1.88 bits per heavy atom. The third kappa shape index (κ3) is 3.07. The smallest absolute Gasteiger partial charge is 0.291 e. The number of nitrogens with zero attached hydrogens (tertiary/aromatic N) is 3. The van der Waals surface area contributed by atoms with Crippen molar-refractivity contribution in [2.45, 2.75) is 0 Å². The number of aromatic nitrogens is 2. The first-order valence-corrected chi connectivity index (χ1v) is 6.93. The lowest BCUT2D eigenvalue weighted by Gasteiger charge is -2.07. The Morgan fingerprint density at radius 1 is 1.21 bits per heavy atom. The van der Waals surface area contributed by atoms with Crippen LogP contribution in [0.2, 0.25) is 0 Å². The van der Waals surface area contributed by atoms with Gasteiger partial charge >= 0.3 is 0 Å². The van der Waals surface area contributed by atoms with E-state index in [0.717, 1.165) is 18.0 Å². The summed E-state index contributed by atoms with van der Waals surface area (Å²) >= 11 is 0. The summed E-state index contributed by atoms with van der Waals surface area (Å²) in [5.74, 6) is -1.09. The van der Waals surface area contributed by atoms with Crippen molar-refractivity contribution in [3.05, 3.63) is 76.7 Å². The molecule has 0 saturated carbocycles. The number of rotatable bonds is 4. The summed E-state index contributed by atoms with van der Waals surface area (Å²) in [5.41, 5.74) is 0.903. The van der Waals surface area contributed by atoms with Crippen LogP contribution in [0.1, 0.15) is 10.4 Å². The fraction of sp³-hybridized carbons (Fsp3) is 0. The van der Waals surface area contributed by atoms with Crippen molar-refractivity contribution in [1.29, 1.82) is 0 Å². The summed E-state index contributed by atoms with van der Waals surface area (Å²) < 4.78 is 1.89. The monoisotopic (exact) mass is 324 g/mol. The highest BCUT2D eigenvalue weighted by molar-refractivity contribution is 6.04.